The second kappa shape index (κ2) is 8.23. The molecule has 4 aromatic heterocycles. The van der Waals surface area contributed by atoms with E-state index in [0.717, 1.165) is 28.0 Å². The quantitative estimate of drug-likeness (QED) is 0.464. The number of hydrogen-bond acceptors (Lipinski definition) is 7. The standard InChI is InChI=1S/C23H24N8O2/c1-29-15-18(14-26-29)19-4-3-17-13-25-21(12-20(17)27-19)28-23(32)16-5-6-24-22(11-16)30-7-9-31(2,33)10-8-30/h3-6,11-15,33H,7-10H2,1-2H3/p+1. The van der Waals surface area contributed by atoms with Gasteiger partial charge in [-0.15, -0.1) is 0 Å². The van der Waals surface area contributed by atoms with E-state index in [1.54, 1.807) is 48.5 Å². The van der Waals surface area contributed by atoms with Gasteiger partial charge in [-0.25, -0.2) is 20.2 Å². The van der Waals surface area contributed by atoms with E-state index in [0.29, 0.717) is 37.6 Å². The molecule has 5 heterocycles. The number of aromatic nitrogens is 5. The second-order valence-electron chi connectivity index (χ2n) is 8.49. The number of aryl methyl sites for hydroxylation is 1. The molecule has 0 unspecified atom stereocenters. The Morgan fingerprint density at radius 1 is 1.12 bits per heavy atom. The first-order valence-corrected chi connectivity index (χ1v) is 10.7. The van der Waals surface area contributed by atoms with Crippen LogP contribution in [0.3, 0.4) is 0 Å². The van der Waals surface area contributed by atoms with Crippen LogP contribution in [0, 0.1) is 0 Å². The maximum atomic E-state index is 12.9. The van der Waals surface area contributed by atoms with Crippen molar-refractivity contribution in [1.29, 1.82) is 0 Å². The topological polar surface area (TPSA) is 109 Å². The van der Waals surface area contributed by atoms with E-state index in [1.807, 2.05) is 25.4 Å². The molecule has 168 valence electrons. The van der Waals surface area contributed by atoms with Crippen LogP contribution >= 0.6 is 0 Å². The van der Waals surface area contributed by atoms with Crippen LogP contribution in [-0.4, -0.2) is 73.7 Å². The number of nitrogens with zero attached hydrogens (tertiary/aromatic N) is 7. The maximum Gasteiger partial charge on any atom is 0.257 e. The van der Waals surface area contributed by atoms with E-state index in [9.17, 15) is 10.0 Å². The van der Waals surface area contributed by atoms with Crippen molar-refractivity contribution in [3.8, 4) is 11.3 Å². The number of anilines is 2. The molecule has 0 aromatic carbocycles. The van der Waals surface area contributed by atoms with Gasteiger partial charge in [0.2, 0.25) is 0 Å². The highest BCUT2D eigenvalue weighted by Gasteiger charge is 2.28. The molecule has 33 heavy (non-hydrogen) atoms. The van der Waals surface area contributed by atoms with Crippen molar-refractivity contribution in [3.63, 3.8) is 0 Å². The predicted octanol–water partition coefficient (Wildman–Crippen LogP) is 2.33. The number of pyridine rings is 3. The number of hydroxylamine groups is 3. The lowest BCUT2D eigenvalue weighted by Gasteiger charge is -2.36. The Morgan fingerprint density at radius 3 is 2.70 bits per heavy atom. The molecule has 0 atom stereocenters. The Balaban J connectivity index is 1.34. The molecule has 5 rings (SSSR count). The predicted molar refractivity (Wildman–Crippen MR) is 124 cm³/mol. The van der Waals surface area contributed by atoms with Crippen molar-refractivity contribution in [1.82, 2.24) is 24.7 Å². The Kier molecular flexibility index (Phi) is 5.23. The smallest absolute Gasteiger partial charge is 0.257 e. The number of likely N-dealkylation sites (N-methyl/N-ethyl adjacent to an activating group) is 1. The molecule has 1 saturated heterocycles. The highest BCUT2D eigenvalue weighted by Crippen LogP contribution is 2.22. The Bertz CT molecular complexity index is 1320. The third-order valence-electron chi connectivity index (χ3n) is 5.85. The number of amides is 1. The molecule has 4 aromatic rings. The average Bonchev–Trinajstić information content (AvgIpc) is 3.25. The van der Waals surface area contributed by atoms with E-state index in [1.165, 1.54) is 0 Å². The van der Waals surface area contributed by atoms with Crippen molar-refractivity contribution in [3.05, 3.63) is 60.7 Å². The van der Waals surface area contributed by atoms with Crippen molar-refractivity contribution in [2.75, 3.05) is 43.4 Å². The SMILES string of the molecule is Cn1cc(-c2ccc3cnc(NC(=O)c4ccnc(N5CC[N+](C)(O)CC5)c4)cc3n2)cn1. The Labute approximate surface area is 190 Å². The summed E-state index contributed by atoms with van der Waals surface area (Å²) in [6.45, 7) is 2.55. The summed E-state index contributed by atoms with van der Waals surface area (Å²) >= 11 is 0. The van der Waals surface area contributed by atoms with Gasteiger partial charge < -0.3 is 10.2 Å². The molecule has 0 aliphatic carbocycles. The number of quaternary nitrogens is 1. The zero-order chi connectivity index (χ0) is 23.0. The minimum absolute atomic E-state index is 0.000837. The van der Waals surface area contributed by atoms with Gasteiger partial charge >= 0.3 is 0 Å². The number of rotatable bonds is 4. The largest absolute Gasteiger partial charge is 0.345 e. The normalized spacial score (nSPS) is 15.5. The van der Waals surface area contributed by atoms with E-state index in [4.69, 9.17) is 4.98 Å². The van der Waals surface area contributed by atoms with E-state index < -0.39 is 0 Å². The molecule has 10 heteroatoms. The minimum Gasteiger partial charge on any atom is -0.345 e. The number of piperazine rings is 1. The fourth-order valence-corrected chi connectivity index (χ4v) is 3.84. The van der Waals surface area contributed by atoms with Gasteiger partial charge in [0, 0.05) is 48.2 Å². The summed E-state index contributed by atoms with van der Waals surface area (Å²) in [6.07, 6.45) is 6.99. The Hall–Kier alpha value is -3.89. The first-order valence-electron chi connectivity index (χ1n) is 10.7. The van der Waals surface area contributed by atoms with Crippen molar-refractivity contribution >= 4 is 28.4 Å². The van der Waals surface area contributed by atoms with Crippen LogP contribution in [0.15, 0.2) is 55.1 Å². The highest BCUT2D eigenvalue weighted by molar-refractivity contribution is 6.04. The monoisotopic (exact) mass is 445 g/mol. The van der Waals surface area contributed by atoms with Crippen LogP contribution in [0.2, 0.25) is 0 Å². The van der Waals surface area contributed by atoms with Crippen molar-refractivity contribution in [2.45, 2.75) is 0 Å². The molecule has 1 aliphatic rings. The van der Waals surface area contributed by atoms with Gasteiger partial charge in [-0.2, -0.15) is 9.75 Å². The van der Waals surface area contributed by atoms with Gasteiger partial charge in [-0.1, -0.05) is 0 Å². The molecular weight excluding hydrogens is 420 g/mol. The van der Waals surface area contributed by atoms with Gasteiger partial charge in [0.1, 0.15) is 24.7 Å². The fourth-order valence-electron chi connectivity index (χ4n) is 3.84. The number of carbonyl (C=O) groups is 1. The van der Waals surface area contributed by atoms with E-state index >= 15 is 0 Å². The zero-order valence-corrected chi connectivity index (χ0v) is 18.5. The van der Waals surface area contributed by atoms with Crippen LogP contribution < -0.4 is 10.2 Å². The van der Waals surface area contributed by atoms with Crippen molar-refractivity contribution < 1.29 is 14.6 Å². The van der Waals surface area contributed by atoms with E-state index in [2.05, 4.69) is 25.3 Å². The molecule has 0 spiro atoms. The van der Waals surface area contributed by atoms with Crippen LogP contribution in [0.1, 0.15) is 10.4 Å². The van der Waals surface area contributed by atoms with Crippen LogP contribution in [0.25, 0.3) is 22.2 Å². The number of nitrogens with one attached hydrogen (secondary N) is 1. The van der Waals surface area contributed by atoms with Gasteiger partial charge in [-0.3, -0.25) is 9.48 Å². The zero-order valence-electron chi connectivity index (χ0n) is 18.5. The lowest BCUT2D eigenvalue weighted by Crippen LogP contribution is -2.55. The molecule has 0 saturated carbocycles. The molecule has 0 radical (unpaired) electrons. The molecule has 10 nitrogen and oxygen atoms in total. The first kappa shape index (κ1) is 21.0. The Morgan fingerprint density at radius 2 is 1.94 bits per heavy atom. The molecule has 2 N–H and O–H groups in total. The van der Waals surface area contributed by atoms with Gasteiger partial charge in [0.25, 0.3) is 5.91 Å². The number of fused-ring (bicyclic) bond motifs is 1. The number of carbonyl (C=O) groups excluding carboxylic acids is 1. The summed E-state index contributed by atoms with van der Waals surface area (Å²) in [5, 5.41) is 18.1. The minimum atomic E-state index is -0.270. The summed E-state index contributed by atoms with van der Waals surface area (Å²) in [5.74, 6) is 0.873. The van der Waals surface area contributed by atoms with Gasteiger partial charge in [-0.05, 0) is 24.3 Å². The molecule has 0 bridgehead atoms. The summed E-state index contributed by atoms with van der Waals surface area (Å²) in [7, 11) is 3.65. The second-order valence-corrected chi connectivity index (χ2v) is 8.49. The molecule has 1 amide bonds. The summed E-state index contributed by atoms with van der Waals surface area (Å²) in [6, 6.07) is 9.08. The van der Waals surface area contributed by atoms with E-state index in [-0.39, 0.29) is 10.6 Å². The van der Waals surface area contributed by atoms with Gasteiger partial charge in [0.15, 0.2) is 0 Å². The van der Waals surface area contributed by atoms with Crippen LogP contribution in [0.5, 0.6) is 0 Å². The van der Waals surface area contributed by atoms with Crippen LogP contribution in [0.4, 0.5) is 11.6 Å². The summed E-state index contributed by atoms with van der Waals surface area (Å²) in [5.41, 5.74) is 2.95. The van der Waals surface area contributed by atoms with Gasteiger partial charge in [0.05, 0.1) is 37.5 Å². The molecular formula is C23H25N8O2+. The third kappa shape index (κ3) is 4.52. The highest BCUT2D eigenvalue weighted by atomic mass is 16.5. The van der Waals surface area contributed by atoms with Crippen molar-refractivity contribution in [2.24, 2.45) is 7.05 Å². The van der Waals surface area contributed by atoms with Crippen LogP contribution in [-0.2, 0) is 7.05 Å². The molecule has 1 fully saturated rings. The maximum absolute atomic E-state index is 12.9. The molecule has 1 aliphatic heterocycles. The average molecular weight is 446 g/mol. The lowest BCUT2D eigenvalue weighted by atomic mass is 10.2. The third-order valence-corrected chi connectivity index (χ3v) is 5.85. The summed E-state index contributed by atoms with van der Waals surface area (Å²) < 4.78 is 1.73. The fraction of sp³-hybridized carbons (Fsp3) is 0.261. The number of hydrogen-bond donors (Lipinski definition) is 2. The lowest BCUT2D eigenvalue weighted by molar-refractivity contribution is -1.09. The first-order chi connectivity index (χ1) is 15.9. The summed E-state index contributed by atoms with van der Waals surface area (Å²) in [4.78, 5) is 28.5.